The summed E-state index contributed by atoms with van der Waals surface area (Å²) in [6.45, 7) is 1.36. The fourth-order valence-electron chi connectivity index (χ4n) is 2.24. The van der Waals surface area contributed by atoms with Crippen molar-refractivity contribution >= 4 is 38.9 Å². The zero-order valence-electron chi connectivity index (χ0n) is 14.4. The molecule has 0 bridgehead atoms. The van der Waals surface area contributed by atoms with E-state index in [2.05, 4.69) is 15.0 Å². The lowest BCUT2D eigenvalue weighted by Gasteiger charge is -2.22. The highest BCUT2D eigenvalue weighted by molar-refractivity contribution is 7.91. The lowest BCUT2D eigenvalue weighted by Crippen LogP contribution is -2.42. The van der Waals surface area contributed by atoms with Crippen LogP contribution in [-0.2, 0) is 23.6 Å². The molecular formula is C15H22ClN5O2S2. The number of halogens is 1. The van der Waals surface area contributed by atoms with Gasteiger partial charge in [-0.25, -0.2) is 13.1 Å². The van der Waals surface area contributed by atoms with Crippen LogP contribution in [0.2, 0.25) is 4.34 Å². The fourth-order valence-corrected chi connectivity index (χ4v) is 4.80. The highest BCUT2D eigenvalue weighted by Gasteiger charge is 2.16. The minimum absolute atomic E-state index is 0.211. The standard InChI is InChI=1S/C15H22ClN5O2S2/c1-17-15(21(3)11-12-5-4-10-20(12)2)18-8-9-19-25(22,23)14-7-6-13(16)24-14/h4-7,10,19H,8-9,11H2,1-3H3,(H,17,18). The first-order chi connectivity index (χ1) is 11.8. The van der Waals surface area contributed by atoms with Crippen LogP contribution in [0.5, 0.6) is 0 Å². The Morgan fingerprint density at radius 3 is 2.68 bits per heavy atom. The summed E-state index contributed by atoms with van der Waals surface area (Å²) in [6.07, 6.45) is 1.99. The van der Waals surface area contributed by atoms with Gasteiger partial charge in [-0.1, -0.05) is 11.6 Å². The van der Waals surface area contributed by atoms with Crippen LogP contribution in [-0.4, -0.2) is 51.0 Å². The second-order valence-corrected chi connectivity index (χ2v) is 9.11. The van der Waals surface area contributed by atoms with Crippen LogP contribution >= 0.6 is 22.9 Å². The van der Waals surface area contributed by atoms with Gasteiger partial charge in [-0.15, -0.1) is 11.3 Å². The van der Waals surface area contributed by atoms with Crippen molar-refractivity contribution in [1.29, 1.82) is 0 Å². The average Bonchev–Trinajstić information content (AvgIpc) is 3.17. The molecule has 0 saturated carbocycles. The monoisotopic (exact) mass is 403 g/mol. The van der Waals surface area contributed by atoms with Gasteiger partial charge in [0, 0.05) is 46.1 Å². The second-order valence-electron chi connectivity index (χ2n) is 5.40. The van der Waals surface area contributed by atoms with Gasteiger partial charge in [0.15, 0.2) is 5.96 Å². The van der Waals surface area contributed by atoms with E-state index in [0.29, 0.717) is 23.4 Å². The largest absolute Gasteiger partial charge is 0.355 e. The first kappa shape index (κ1) is 19.8. The van der Waals surface area contributed by atoms with Crippen molar-refractivity contribution in [2.45, 2.75) is 10.8 Å². The van der Waals surface area contributed by atoms with Crippen LogP contribution in [0.4, 0.5) is 0 Å². The molecule has 0 aliphatic rings. The van der Waals surface area contributed by atoms with Crippen molar-refractivity contribution in [3.63, 3.8) is 0 Å². The SMILES string of the molecule is CN=C(NCCNS(=O)(=O)c1ccc(Cl)s1)N(C)Cc1cccn1C. The zero-order chi connectivity index (χ0) is 18.4. The Labute approximate surface area is 157 Å². The number of sulfonamides is 1. The van der Waals surface area contributed by atoms with Crippen LogP contribution in [0.25, 0.3) is 0 Å². The van der Waals surface area contributed by atoms with Crippen molar-refractivity contribution in [2.75, 3.05) is 27.2 Å². The summed E-state index contributed by atoms with van der Waals surface area (Å²) in [5, 5.41) is 3.15. The van der Waals surface area contributed by atoms with Gasteiger partial charge in [-0.3, -0.25) is 4.99 Å². The molecule has 0 aliphatic heterocycles. The number of aromatic nitrogens is 1. The number of nitrogens with zero attached hydrogens (tertiary/aromatic N) is 3. The molecule has 2 aromatic heterocycles. The third kappa shape index (κ3) is 5.46. The molecule has 0 atom stereocenters. The summed E-state index contributed by atoms with van der Waals surface area (Å²) in [5.41, 5.74) is 1.15. The minimum Gasteiger partial charge on any atom is -0.355 e. The van der Waals surface area contributed by atoms with Crippen molar-refractivity contribution in [3.8, 4) is 0 Å². The third-order valence-electron chi connectivity index (χ3n) is 3.54. The van der Waals surface area contributed by atoms with Gasteiger partial charge in [0.05, 0.1) is 10.9 Å². The molecule has 0 saturated heterocycles. The normalized spacial score (nSPS) is 12.4. The molecule has 138 valence electrons. The van der Waals surface area contributed by atoms with Gasteiger partial charge < -0.3 is 14.8 Å². The highest BCUT2D eigenvalue weighted by atomic mass is 35.5. The van der Waals surface area contributed by atoms with E-state index in [1.807, 2.05) is 41.9 Å². The van der Waals surface area contributed by atoms with Crippen molar-refractivity contribution < 1.29 is 8.42 Å². The maximum Gasteiger partial charge on any atom is 0.250 e. The number of hydrogen-bond donors (Lipinski definition) is 2. The Bertz CT molecular complexity index is 829. The summed E-state index contributed by atoms with van der Waals surface area (Å²) in [6, 6.07) is 7.10. The van der Waals surface area contributed by atoms with Gasteiger partial charge in [0.25, 0.3) is 0 Å². The smallest absolute Gasteiger partial charge is 0.250 e. The molecule has 10 heteroatoms. The topological polar surface area (TPSA) is 78.7 Å². The molecule has 0 radical (unpaired) electrons. The van der Waals surface area contributed by atoms with E-state index in [4.69, 9.17) is 11.6 Å². The van der Waals surface area contributed by atoms with Crippen molar-refractivity contribution in [2.24, 2.45) is 12.0 Å². The van der Waals surface area contributed by atoms with E-state index < -0.39 is 10.0 Å². The van der Waals surface area contributed by atoms with Crippen LogP contribution in [0, 0.1) is 0 Å². The average molecular weight is 404 g/mol. The van der Waals surface area contributed by atoms with Gasteiger partial charge in [-0.05, 0) is 24.3 Å². The molecule has 7 nitrogen and oxygen atoms in total. The molecule has 2 rings (SSSR count). The molecule has 2 heterocycles. The molecule has 0 fully saturated rings. The number of guanidine groups is 1. The number of thiophene rings is 1. The lowest BCUT2D eigenvalue weighted by molar-refractivity contribution is 0.462. The Morgan fingerprint density at radius 1 is 1.36 bits per heavy atom. The molecule has 2 aromatic rings. The molecular weight excluding hydrogens is 382 g/mol. The van der Waals surface area contributed by atoms with Gasteiger partial charge in [0.2, 0.25) is 10.0 Å². The lowest BCUT2D eigenvalue weighted by atomic mass is 10.4. The van der Waals surface area contributed by atoms with Gasteiger partial charge in [0.1, 0.15) is 4.21 Å². The fraction of sp³-hybridized carbons (Fsp3) is 0.400. The Hall–Kier alpha value is -1.55. The van der Waals surface area contributed by atoms with E-state index in [9.17, 15) is 8.42 Å². The Balaban J connectivity index is 1.82. The number of nitrogens with one attached hydrogen (secondary N) is 2. The van der Waals surface area contributed by atoms with Crippen LogP contribution < -0.4 is 10.0 Å². The van der Waals surface area contributed by atoms with Crippen LogP contribution in [0.3, 0.4) is 0 Å². The van der Waals surface area contributed by atoms with Gasteiger partial charge >= 0.3 is 0 Å². The summed E-state index contributed by atoms with van der Waals surface area (Å²) >= 11 is 6.82. The van der Waals surface area contributed by atoms with Crippen LogP contribution in [0.15, 0.2) is 39.7 Å². The molecule has 25 heavy (non-hydrogen) atoms. The Morgan fingerprint density at radius 2 is 2.12 bits per heavy atom. The molecule has 2 N–H and O–H groups in total. The second kappa shape index (κ2) is 8.70. The van der Waals surface area contributed by atoms with E-state index in [-0.39, 0.29) is 10.8 Å². The first-order valence-electron chi connectivity index (χ1n) is 7.60. The van der Waals surface area contributed by atoms with E-state index in [1.54, 1.807) is 13.1 Å². The predicted octanol–water partition coefficient (Wildman–Crippen LogP) is 1.73. The zero-order valence-corrected chi connectivity index (χ0v) is 16.7. The maximum atomic E-state index is 12.1. The number of aryl methyl sites for hydroxylation is 1. The number of aliphatic imine (C=N–C) groups is 1. The van der Waals surface area contributed by atoms with E-state index >= 15 is 0 Å². The predicted molar refractivity (Wildman–Crippen MR) is 103 cm³/mol. The van der Waals surface area contributed by atoms with E-state index in [0.717, 1.165) is 17.0 Å². The first-order valence-corrected chi connectivity index (χ1v) is 10.3. The van der Waals surface area contributed by atoms with Crippen molar-refractivity contribution in [1.82, 2.24) is 19.5 Å². The summed E-state index contributed by atoms with van der Waals surface area (Å²) in [5.74, 6) is 0.694. The highest BCUT2D eigenvalue weighted by Crippen LogP contribution is 2.25. The molecule has 0 spiro atoms. The Kier molecular flexibility index (Phi) is 6.88. The third-order valence-corrected chi connectivity index (χ3v) is 6.72. The molecule has 0 unspecified atom stereocenters. The number of rotatable bonds is 7. The summed E-state index contributed by atoms with van der Waals surface area (Å²) in [4.78, 5) is 6.20. The molecule has 0 aliphatic carbocycles. The quantitative estimate of drug-likeness (QED) is 0.419. The maximum absolute atomic E-state index is 12.1. The number of hydrogen-bond acceptors (Lipinski definition) is 4. The van der Waals surface area contributed by atoms with E-state index in [1.165, 1.54) is 6.07 Å². The van der Waals surface area contributed by atoms with Crippen LogP contribution in [0.1, 0.15) is 5.69 Å². The summed E-state index contributed by atoms with van der Waals surface area (Å²) < 4.78 is 29.5. The van der Waals surface area contributed by atoms with Crippen molar-refractivity contribution in [3.05, 3.63) is 40.5 Å². The molecule has 0 amide bonds. The van der Waals surface area contributed by atoms with Gasteiger partial charge in [-0.2, -0.15) is 0 Å². The molecule has 0 aromatic carbocycles. The minimum atomic E-state index is -3.52. The summed E-state index contributed by atoms with van der Waals surface area (Å²) in [7, 11) is 2.09.